The fourth-order valence-electron chi connectivity index (χ4n) is 6.80. The number of nitrogens with zero attached hydrogens (tertiary/aromatic N) is 2. The third-order valence-electron chi connectivity index (χ3n) is 7.91. The van der Waals surface area contributed by atoms with Gasteiger partial charge in [0.15, 0.2) is 0 Å². The third kappa shape index (κ3) is 1.93. The predicted molar refractivity (Wildman–Crippen MR) is 120 cm³/mol. The lowest BCUT2D eigenvalue weighted by molar-refractivity contribution is -0.135. The molecule has 158 valence electrons. The molecule has 3 aromatic carbocycles. The number of hydrogen-bond acceptors (Lipinski definition) is 4. The summed E-state index contributed by atoms with van der Waals surface area (Å²) >= 11 is 0. The van der Waals surface area contributed by atoms with Crippen LogP contribution < -0.4 is 10.2 Å². The lowest BCUT2D eigenvalue weighted by atomic mass is 9.75. The minimum absolute atomic E-state index is 0.103. The molecular weight excluding hydrogens is 402 g/mol. The molecule has 1 N–H and O–H groups in total. The molecule has 0 aliphatic carbocycles. The smallest absolute Gasteiger partial charge is 0.250 e. The Hall–Kier alpha value is -3.51. The summed E-state index contributed by atoms with van der Waals surface area (Å²) < 4.78 is 0. The molecule has 0 radical (unpaired) electrons. The summed E-state index contributed by atoms with van der Waals surface area (Å²) in [6, 6.07) is 21.0. The Balaban J connectivity index is 1.45. The maximum Gasteiger partial charge on any atom is 0.250 e. The van der Waals surface area contributed by atoms with E-state index in [1.54, 1.807) is 0 Å². The number of nitrogens with one attached hydrogen (secondary N) is 1. The molecule has 4 atom stereocenters. The molecule has 3 amide bonds. The van der Waals surface area contributed by atoms with Crippen LogP contribution in [0.15, 0.2) is 66.7 Å². The number of amides is 3. The molecule has 0 saturated carbocycles. The fourth-order valence-corrected chi connectivity index (χ4v) is 6.80. The van der Waals surface area contributed by atoms with Crippen LogP contribution in [0.5, 0.6) is 0 Å². The van der Waals surface area contributed by atoms with E-state index >= 15 is 0 Å². The van der Waals surface area contributed by atoms with Gasteiger partial charge in [-0.25, -0.2) is 4.90 Å². The van der Waals surface area contributed by atoms with E-state index in [-0.39, 0.29) is 23.8 Å². The average Bonchev–Trinajstić information content (AvgIpc) is 3.52. The highest BCUT2D eigenvalue weighted by atomic mass is 16.2. The molecule has 0 unspecified atom stereocenters. The fraction of sp³-hybridized carbons (Fsp3) is 0.269. The number of para-hydroxylation sites is 1. The van der Waals surface area contributed by atoms with E-state index in [9.17, 15) is 14.4 Å². The first-order valence-corrected chi connectivity index (χ1v) is 11.2. The Labute approximate surface area is 184 Å². The van der Waals surface area contributed by atoms with Crippen molar-refractivity contribution in [3.63, 3.8) is 0 Å². The van der Waals surface area contributed by atoms with Crippen molar-refractivity contribution in [1.29, 1.82) is 0 Å². The van der Waals surface area contributed by atoms with Crippen molar-refractivity contribution in [1.82, 2.24) is 4.90 Å². The zero-order valence-electron chi connectivity index (χ0n) is 17.3. The molecule has 32 heavy (non-hydrogen) atoms. The van der Waals surface area contributed by atoms with Crippen LogP contribution in [0.3, 0.4) is 0 Å². The highest BCUT2D eigenvalue weighted by molar-refractivity contribution is 6.28. The van der Waals surface area contributed by atoms with Gasteiger partial charge in [0.1, 0.15) is 5.54 Å². The zero-order valence-corrected chi connectivity index (χ0v) is 17.3. The van der Waals surface area contributed by atoms with Gasteiger partial charge in [-0.3, -0.25) is 19.3 Å². The second-order valence-corrected chi connectivity index (χ2v) is 9.18. The number of fused-ring (bicyclic) bond motifs is 8. The summed E-state index contributed by atoms with van der Waals surface area (Å²) in [7, 11) is 0. The molecule has 6 nitrogen and oxygen atoms in total. The van der Waals surface area contributed by atoms with E-state index < -0.39 is 17.4 Å². The van der Waals surface area contributed by atoms with Crippen molar-refractivity contribution in [2.24, 2.45) is 11.8 Å². The van der Waals surface area contributed by atoms with Crippen LogP contribution >= 0.6 is 0 Å². The quantitative estimate of drug-likeness (QED) is 0.610. The van der Waals surface area contributed by atoms with Gasteiger partial charge in [0, 0.05) is 22.7 Å². The summed E-state index contributed by atoms with van der Waals surface area (Å²) in [4.78, 5) is 45.1. The van der Waals surface area contributed by atoms with Gasteiger partial charge < -0.3 is 5.32 Å². The van der Waals surface area contributed by atoms with Crippen molar-refractivity contribution in [3.05, 3.63) is 72.3 Å². The molecule has 6 heteroatoms. The zero-order chi connectivity index (χ0) is 21.6. The Bertz CT molecular complexity index is 1350. The Morgan fingerprint density at radius 3 is 2.56 bits per heavy atom. The number of carbonyl (C=O) groups excluding carboxylic acids is 3. The van der Waals surface area contributed by atoms with Crippen LogP contribution in [0, 0.1) is 11.8 Å². The van der Waals surface area contributed by atoms with Crippen LogP contribution in [0.4, 0.5) is 11.4 Å². The molecule has 4 aliphatic rings. The van der Waals surface area contributed by atoms with E-state index in [1.807, 2.05) is 66.7 Å². The number of benzene rings is 3. The van der Waals surface area contributed by atoms with Crippen LogP contribution in [0.25, 0.3) is 10.8 Å². The van der Waals surface area contributed by atoms with Crippen LogP contribution in [-0.4, -0.2) is 35.2 Å². The Morgan fingerprint density at radius 1 is 0.875 bits per heavy atom. The van der Waals surface area contributed by atoms with E-state index in [0.29, 0.717) is 12.2 Å². The van der Waals surface area contributed by atoms with Crippen molar-refractivity contribution in [2.45, 2.75) is 24.4 Å². The highest BCUT2D eigenvalue weighted by Gasteiger charge is 2.74. The van der Waals surface area contributed by atoms with Crippen LogP contribution in [0.1, 0.15) is 18.4 Å². The predicted octanol–water partition coefficient (Wildman–Crippen LogP) is 3.27. The Morgan fingerprint density at radius 2 is 1.66 bits per heavy atom. The van der Waals surface area contributed by atoms with Crippen LogP contribution in [0.2, 0.25) is 0 Å². The van der Waals surface area contributed by atoms with Gasteiger partial charge in [0.25, 0.3) is 0 Å². The van der Waals surface area contributed by atoms with E-state index in [0.717, 1.165) is 34.9 Å². The summed E-state index contributed by atoms with van der Waals surface area (Å²) in [6.45, 7) is 0.717. The van der Waals surface area contributed by atoms with Crippen molar-refractivity contribution >= 4 is 39.9 Å². The molecule has 3 fully saturated rings. The van der Waals surface area contributed by atoms with E-state index in [4.69, 9.17) is 0 Å². The molecule has 4 heterocycles. The number of hydrogen-bond donors (Lipinski definition) is 1. The molecule has 7 rings (SSSR count). The summed E-state index contributed by atoms with van der Waals surface area (Å²) in [5.41, 5.74) is 1.06. The highest BCUT2D eigenvalue weighted by Crippen LogP contribution is 2.60. The lowest BCUT2D eigenvalue weighted by Crippen LogP contribution is -2.54. The van der Waals surface area contributed by atoms with Gasteiger partial charge in [-0.1, -0.05) is 54.6 Å². The maximum atomic E-state index is 14.1. The Kier molecular flexibility index (Phi) is 3.42. The molecule has 3 saturated heterocycles. The maximum absolute atomic E-state index is 14.1. The second kappa shape index (κ2) is 6.04. The van der Waals surface area contributed by atoms with E-state index in [1.165, 1.54) is 4.90 Å². The van der Waals surface area contributed by atoms with Gasteiger partial charge in [-0.2, -0.15) is 0 Å². The first-order chi connectivity index (χ1) is 15.6. The molecule has 4 aliphatic heterocycles. The van der Waals surface area contributed by atoms with Gasteiger partial charge in [0.2, 0.25) is 17.7 Å². The monoisotopic (exact) mass is 423 g/mol. The SMILES string of the molecule is O=C1[C@H]2[C@@H](C(=O)N1c1cccc3ccccc13)[C@]1(C(=O)Nc3ccccc31)N1CCC[C@@H]21. The van der Waals surface area contributed by atoms with Crippen molar-refractivity contribution in [3.8, 4) is 0 Å². The van der Waals surface area contributed by atoms with Gasteiger partial charge in [-0.15, -0.1) is 0 Å². The first-order valence-electron chi connectivity index (χ1n) is 11.2. The average molecular weight is 423 g/mol. The summed E-state index contributed by atoms with van der Waals surface area (Å²) in [5, 5.41) is 4.85. The number of anilines is 2. The third-order valence-corrected chi connectivity index (χ3v) is 7.91. The van der Waals surface area contributed by atoms with Crippen molar-refractivity contribution in [2.75, 3.05) is 16.8 Å². The number of carbonyl (C=O) groups is 3. The van der Waals surface area contributed by atoms with E-state index in [2.05, 4.69) is 10.2 Å². The number of rotatable bonds is 1. The minimum Gasteiger partial charge on any atom is -0.324 e. The first kappa shape index (κ1) is 18.1. The van der Waals surface area contributed by atoms with Crippen LogP contribution in [-0.2, 0) is 19.9 Å². The second-order valence-electron chi connectivity index (χ2n) is 9.18. The molecular formula is C26H21N3O3. The molecule has 0 aromatic heterocycles. The number of imide groups is 1. The topological polar surface area (TPSA) is 69.7 Å². The summed E-state index contributed by atoms with van der Waals surface area (Å²) in [6.07, 6.45) is 1.74. The lowest BCUT2D eigenvalue weighted by Gasteiger charge is -2.36. The van der Waals surface area contributed by atoms with Gasteiger partial charge in [0.05, 0.1) is 17.5 Å². The van der Waals surface area contributed by atoms with Gasteiger partial charge in [-0.05, 0) is 36.9 Å². The molecule has 1 spiro atoms. The molecule has 3 aromatic rings. The molecule has 0 bridgehead atoms. The largest absolute Gasteiger partial charge is 0.324 e. The minimum atomic E-state index is -1.12. The standard InChI is InChI=1S/C26H21N3O3/c30-23-21-20-13-6-14-28(20)26(17-10-3-4-11-18(17)27-25(26)32)22(21)24(31)29(23)19-12-5-8-15-7-1-2-9-16(15)19/h1-5,7-12,20-22H,6,13-14H2,(H,27,32)/t20-,21+,22-,26+/m0/s1. The van der Waals surface area contributed by atoms with Gasteiger partial charge >= 0.3 is 0 Å². The van der Waals surface area contributed by atoms with Crippen molar-refractivity contribution < 1.29 is 14.4 Å². The normalized spacial score (nSPS) is 30.8. The summed E-state index contributed by atoms with van der Waals surface area (Å²) in [5.74, 6) is -1.86.